The Kier molecular flexibility index (Phi) is 3.60. The zero-order valence-electron chi connectivity index (χ0n) is 10.7. The van der Waals surface area contributed by atoms with Crippen molar-refractivity contribution in [3.63, 3.8) is 0 Å². The summed E-state index contributed by atoms with van der Waals surface area (Å²) in [5.41, 5.74) is 5.06. The third-order valence-electron chi connectivity index (χ3n) is 3.15. The maximum atomic E-state index is 6.67. The van der Waals surface area contributed by atoms with Gasteiger partial charge < -0.3 is 0 Å². The zero-order valence-corrected chi connectivity index (χ0v) is 12.2. The Balaban J connectivity index is 2.51. The predicted molar refractivity (Wildman–Crippen MR) is 77.4 cm³/mol. The molecular weight excluding hydrogens is 248 g/mol. The van der Waals surface area contributed by atoms with Gasteiger partial charge in [-0.3, -0.25) is 0 Å². The molecule has 90 valence electrons. The van der Waals surface area contributed by atoms with Crippen molar-refractivity contribution in [1.82, 2.24) is 0 Å². The van der Waals surface area contributed by atoms with Crippen molar-refractivity contribution in [3.8, 4) is 0 Å². The van der Waals surface area contributed by atoms with Crippen molar-refractivity contribution < 1.29 is 0 Å². The molecule has 0 aliphatic carbocycles. The molecule has 0 radical (unpaired) electrons. The van der Waals surface area contributed by atoms with E-state index in [0.29, 0.717) is 0 Å². The Morgan fingerprint density at radius 2 is 1.65 bits per heavy atom. The second-order valence-corrected chi connectivity index (χ2v) is 6.43. The Morgan fingerprint density at radius 1 is 1.06 bits per heavy atom. The van der Waals surface area contributed by atoms with Crippen LogP contribution in [-0.4, -0.2) is 0 Å². The first-order valence-electron chi connectivity index (χ1n) is 5.78. The van der Waals surface area contributed by atoms with Gasteiger partial charge in [0.2, 0.25) is 0 Å². The lowest BCUT2D eigenvalue weighted by molar-refractivity contribution is 1.08. The summed E-state index contributed by atoms with van der Waals surface area (Å²) in [5, 5.41) is -0.0267. The quantitative estimate of drug-likeness (QED) is 0.645. The third kappa shape index (κ3) is 2.41. The van der Waals surface area contributed by atoms with E-state index in [2.05, 4.69) is 52.0 Å². The fraction of sp³-hybridized carbons (Fsp3) is 0.333. The molecule has 2 heteroatoms. The lowest BCUT2D eigenvalue weighted by atomic mass is 9.96. The van der Waals surface area contributed by atoms with Crippen LogP contribution in [0.15, 0.2) is 24.3 Å². The summed E-state index contributed by atoms with van der Waals surface area (Å²) in [4.78, 5) is 2.65. The summed E-state index contributed by atoms with van der Waals surface area (Å²) < 4.78 is 0. The largest absolute Gasteiger partial charge is 0.146 e. The second-order valence-electron chi connectivity index (χ2n) is 4.54. The van der Waals surface area contributed by atoms with Crippen LogP contribution in [0, 0.1) is 27.7 Å². The minimum Gasteiger partial charge on any atom is -0.146 e. The van der Waals surface area contributed by atoms with E-state index in [0.717, 1.165) is 0 Å². The summed E-state index contributed by atoms with van der Waals surface area (Å²) in [6.07, 6.45) is 0. The fourth-order valence-electron chi connectivity index (χ4n) is 2.28. The Hall–Kier alpha value is -0.790. The minimum atomic E-state index is -0.0267. The molecule has 2 rings (SSSR count). The van der Waals surface area contributed by atoms with Crippen molar-refractivity contribution in [3.05, 3.63) is 56.3 Å². The molecular formula is C15H17ClS. The fourth-order valence-corrected chi connectivity index (χ4v) is 3.88. The van der Waals surface area contributed by atoms with E-state index in [-0.39, 0.29) is 5.38 Å². The van der Waals surface area contributed by atoms with Gasteiger partial charge in [-0.1, -0.05) is 18.2 Å². The number of halogens is 1. The molecule has 0 fully saturated rings. The lowest BCUT2D eigenvalue weighted by Gasteiger charge is -2.15. The van der Waals surface area contributed by atoms with Crippen molar-refractivity contribution in [2.45, 2.75) is 33.1 Å². The van der Waals surface area contributed by atoms with E-state index in [1.807, 2.05) is 11.3 Å². The van der Waals surface area contributed by atoms with Crippen molar-refractivity contribution in [2.75, 3.05) is 0 Å². The van der Waals surface area contributed by atoms with E-state index >= 15 is 0 Å². The number of benzene rings is 1. The van der Waals surface area contributed by atoms with Crippen LogP contribution in [-0.2, 0) is 0 Å². The molecule has 0 saturated carbocycles. The highest BCUT2D eigenvalue weighted by molar-refractivity contribution is 7.12. The summed E-state index contributed by atoms with van der Waals surface area (Å²) in [6.45, 7) is 8.55. The van der Waals surface area contributed by atoms with Gasteiger partial charge in [-0.2, -0.15) is 0 Å². The highest BCUT2D eigenvalue weighted by Crippen LogP contribution is 2.37. The first-order chi connectivity index (χ1) is 8.00. The number of rotatable bonds is 2. The standard InChI is InChI=1S/C15H17ClS/c1-9-6-5-7-10(2)14(9)15(16)13-8-11(3)17-12(13)4/h5-8,15H,1-4H3. The molecule has 1 atom stereocenters. The minimum absolute atomic E-state index is 0.0267. The molecule has 0 spiro atoms. The van der Waals surface area contributed by atoms with E-state index in [9.17, 15) is 0 Å². The number of alkyl halides is 1. The van der Waals surface area contributed by atoms with Gasteiger partial charge in [-0.25, -0.2) is 0 Å². The molecule has 1 unspecified atom stereocenters. The Labute approximate surface area is 112 Å². The van der Waals surface area contributed by atoms with Gasteiger partial charge in [0, 0.05) is 9.75 Å². The zero-order chi connectivity index (χ0) is 12.6. The van der Waals surface area contributed by atoms with Gasteiger partial charge in [0.15, 0.2) is 0 Å². The molecule has 1 aromatic heterocycles. The first kappa shape index (κ1) is 12.7. The average Bonchev–Trinajstić information content (AvgIpc) is 2.57. The molecule has 0 bridgehead atoms. The van der Waals surface area contributed by atoms with Crippen LogP contribution in [0.25, 0.3) is 0 Å². The maximum Gasteiger partial charge on any atom is 0.0851 e. The smallest absolute Gasteiger partial charge is 0.0851 e. The highest BCUT2D eigenvalue weighted by Gasteiger charge is 2.18. The van der Waals surface area contributed by atoms with Crippen LogP contribution in [0.4, 0.5) is 0 Å². The number of aryl methyl sites for hydroxylation is 4. The van der Waals surface area contributed by atoms with Gasteiger partial charge in [-0.05, 0) is 56.0 Å². The molecule has 17 heavy (non-hydrogen) atoms. The number of thiophene rings is 1. The van der Waals surface area contributed by atoms with E-state index in [1.54, 1.807) is 0 Å². The van der Waals surface area contributed by atoms with Crippen LogP contribution in [0.2, 0.25) is 0 Å². The first-order valence-corrected chi connectivity index (χ1v) is 7.03. The molecule has 0 N–H and O–H groups in total. The van der Waals surface area contributed by atoms with E-state index in [1.165, 1.54) is 32.0 Å². The SMILES string of the molecule is Cc1cc(C(Cl)c2c(C)cccc2C)c(C)s1. The normalized spacial score (nSPS) is 12.8. The summed E-state index contributed by atoms with van der Waals surface area (Å²) in [6, 6.07) is 8.56. The maximum absolute atomic E-state index is 6.67. The second kappa shape index (κ2) is 4.83. The molecule has 0 aliphatic rings. The predicted octanol–water partition coefficient (Wildman–Crippen LogP) is 5.31. The highest BCUT2D eigenvalue weighted by atomic mass is 35.5. The van der Waals surface area contributed by atoms with Gasteiger partial charge in [0.05, 0.1) is 5.38 Å². The van der Waals surface area contributed by atoms with Crippen molar-refractivity contribution in [2.24, 2.45) is 0 Å². The van der Waals surface area contributed by atoms with Gasteiger partial charge in [0.25, 0.3) is 0 Å². The van der Waals surface area contributed by atoms with Gasteiger partial charge in [0.1, 0.15) is 0 Å². The third-order valence-corrected chi connectivity index (χ3v) is 4.58. The van der Waals surface area contributed by atoms with Gasteiger partial charge in [-0.15, -0.1) is 22.9 Å². The summed E-state index contributed by atoms with van der Waals surface area (Å²) in [5.74, 6) is 0. The van der Waals surface area contributed by atoms with Crippen LogP contribution >= 0.6 is 22.9 Å². The molecule has 0 nitrogen and oxygen atoms in total. The van der Waals surface area contributed by atoms with Crippen LogP contribution in [0.3, 0.4) is 0 Å². The number of hydrogen-bond acceptors (Lipinski definition) is 1. The van der Waals surface area contributed by atoms with E-state index in [4.69, 9.17) is 11.6 Å². The van der Waals surface area contributed by atoms with E-state index < -0.39 is 0 Å². The lowest BCUT2D eigenvalue weighted by Crippen LogP contribution is -1.99. The molecule has 1 heterocycles. The monoisotopic (exact) mass is 264 g/mol. The molecule has 2 aromatic rings. The van der Waals surface area contributed by atoms with Crippen LogP contribution in [0.5, 0.6) is 0 Å². The summed E-state index contributed by atoms with van der Waals surface area (Å²) >= 11 is 8.49. The number of hydrogen-bond donors (Lipinski definition) is 0. The van der Waals surface area contributed by atoms with Crippen molar-refractivity contribution >= 4 is 22.9 Å². The topological polar surface area (TPSA) is 0 Å². The average molecular weight is 265 g/mol. The van der Waals surface area contributed by atoms with Crippen LogP contribution < -0.4 is 0 Å². The molecule has 0 aliphatic heterocycles. The Bertz CT molecular complexity index is 520. The molecule has 1 aromatic carbocycles. The molecule has 0 saturated heterocycles. The van der Waals surface area contributed by atoms with Gasteiger partial charge >= 0.3 is 0 Å². The van der Waals surface area contributed by atoms with Crippen LogP contribution in [0.1, 0.15) is 37.4 Å². The van der Waals surface area contributed by atoms with Crippen molar-refractivity contribution in [1.29, 1.82) is 0 Å². The Morgan fingerprint density at radius 3 is 2.12 bits per heavy atom. The summed E-state index contributed by atoms with van der Waals surface area (Å²) in [7, 11) is 0. The molecule has 0 amide bonds.